The Morgan fingerprint density at radius 3 is 2.40 bits per heavy atom. The summed E-state index contributed by atoms with van der Waals surface area (Å²) in [6, 6.07) is 9.85. The van der Waals surface area contributed by atoms with Crippen molar-refractivity contribution >= 4 is 0 Å². The number of halogens is 1. The Labute approximate surface area is 87.6 Å². The molecule has 1 nitrogen and oxygen atoms in total. The summed E-state index contributed by atoms with van der Waals surface area (Å²) in [5, 5.41) is 0. The Bertz CT molecular complexity index is 509. The molecule has 0 aliphatic rings. The molecule has 1 heterocycles. The molecule has 0 unspecified atom stereocenters. The van der Waals surface area contributed by atoms with Crippen LogP contribution in [0.5, 0.6) is 0 Å². The maximum atomic E-state index is 12.8. The van der Waals surface area contributed by atoms with Crippen LogP contribution in [0.4, 0.5) is 4.39 Å². The normalized spacial score (nSPS) is 9.13. The van der Waals surface area contributed by atoms with Gasteiger partial charge in [0.2, 0.25) is 0 Å². The summed E-state index contributed by atoms with van der Waals surface area (Å²) in [4.78, 5) is 3.89. The number of nitrogens with zero attached hydrogens (tertiary/aromatic N) is 1. The van der Waals surface area contributed by atoms with Crippen LogP contribution in [0.15, 0.2) is 48.8 Å². The van der Waals surface area contributed by atoms with Gasteiger partial charge in [-0.1, -0.05) is 17.9 Å². The Kier molecular flexibility index (Phi) is 2.75. The minimum absolute atomic E-state index is 0.267. The molecular weight excluding hydrogens is 189 g/mol. The third-order valence-electron chi connectivity index (χ3n) is 1.86. The highest BCUT2D eigenvalue weighted by atomic mass is 19.1. The van der Waals surface area contributed by atoms with Crippen molar-refractivity contribution in [3.63, 3.8) is 0 Å². The van der Waals surface area contributed by atoms with Gasteiger partial charge in [0.05, 0.1) is 0 Å². The first-order valence-corrected chi connectivity index (χ1v) is 4.52. The molecule has 2 heteroatoms. The van der Waals surface area contributed by atoms with Crippen molar-refractivity contribution in [3.8, 4) is 11.8 Å². The Morgan fingerprint density at radius 2 is 1.67 bits per heavy atom. The van der Waals surface area contributed by atoms with Gasteiger partial charge in [-0.15, -0.1) is 0 Å². The summed E-state index contributed by atoms with van der Waals surface area (Å²) < 4.78 is 12.8. The Hall–Kier alpha value is -2.14. The van der Waals surface area contributed by atoms with Crippen LogP contribution in [0.2, 0.25) is 0 Å². The lowest BCUT2D eigenvalue weighted by molar-refractivity contribution is 0.627. The molecule has 0 aliphatic heterocycles. The minimum atomic E-state index is -0.267. The maximum Gasteiger partial charge on any atom is 0.124 e. The lowest BCUT2D eigenvalue weighted by Gasteiger charge is -1.90. The largest absolute Gasteiger partial charge is 0.265 e. The fraction of sp³-hybridized carbons (Fsp3) is 0. The van der Waals surface area contributed by atoms with Crippen molar-refractivity contribution in [1.82, 2.24) is 4.98 Å². The van der Waals surface area contributed by atoms with Crippen molar-refractivity contribution in [2.24, 2.45) is 0 Å². The first kappa shape index (κ1) is 9.42. The smallest absolute Gasteiger partial charge is 0.124 e. The lowest BCUT2D eigenvalue weighted by Crippen LogP contribution is -1.78. The molecule has 72 valence electrons. The highest BCUT2D eigenvalue weighted by molar-refractivity contribution is 5.41. The van der Waals surface area contributed by atoms with E-state index in [0.717, 1.165) is 5.56 Å². The summed E-state index contributed by atoms with van der Waals surface area (Å²) in [6.45, 7) is 0. The van der Waals surface area contributed by atoms with Crippen LogP contribution in [-0.2, 0) is 0 Å². The van der Waals surface area contributed by atoms with Gasteiger partial charge >= 0.3 is 0 Å². The summed E-state index contributed by atoms with van der Waals surface area (Å²) in [5.41, 5.74) is 1.54. The quantitative estimate of drug-likeness (QED) is 0.591. The van der Waals surface area contributed by atoms with Gasteiger partial charge in [0.1, 0.15) is 5.82 Å². The molecule has 0 amide bonds. The average Bonchev–Trinajstić information content (AvgIpc) is 2.28. The Balaban J connectivity index is 2.26. The lowest BCUT2D eigenvalue weighted by atomic mass is 10.2. The molecule has 0 radical (unpaired) electrons. The molecule has 0 spiro atoms. The average molecular weight is 197 g/mol. The number of benzene rings is 1. The number of hydrogen-bond acceptors (Lipinski definition) is 1. The van der Waals surface area contributed by atoms with Crippen LogP contribution in [0.25, 0.3) is 0 Å². The zero-order valence-corrected chi connectivity index (χ0v) is 7.94. The first-order valence-electron chi connectivity index (χ1n) is 4.52. The van der Waals surface area contributed by atoms with E-state index in [4.69, 9.17) is 0 Å². The van der Waals surface area contributed by atoms with Crippen molar-refractivity contribution in [1.29, 1.82) is 0 Å². The second-order valence-corrected chi connectivity index (χ2v) is 3.00. The number of aromatic nitrogens is 1. The van der Waals surface area contributed by atoms with Gasteiger partial charge < -0.3 is 0 Å². The van der Waals surface area contributed by atoms with E-state index in [-0.39, 0.29) is 5.82 Å². The molecule has 0 fully saturated rings. The van der Waals surface area contributed by atoms with Gasteiger partial charge in [-0.05, 0) is 30.3 Å². The van der Waals surface area contributed by atoms with E-state index in [1.165, 1.54) is 12.1 Å². The summed E-state index contributed by atoms with van der Waals surface area (Å²) >= 11 is 0. The second-order valence-electron chi connectivity index (χ2n) is 3.00. The molecule has 0 saturated heterocycles. The first-order chi connectivity index (χ1) is 7.34. The predicted molar refractivity (Wildman–Crippen MR) is 56.6 cm³/mol. The SMILES string of the molecule is Fc1cccc(C#Cc2ccncc2)c1. The van der Waals surface area contributed by atoms with Gasteiger partial charge in [0.25, 0.3) is 0 Å². The van der Waals surface area contributed by atoms with Gasteiger partial charge in [0.15, 0.2) is 0 Å². The van der Waals surface area contributed by atoms with Crippen LogP contribution in [-0.4, -0.2) is 4.98 Å². The summed E-state index contributed by atoms with van der Waals surface area (Å²) in [6.07, 6.45) is 3.35. The minimum Gasteiger partial charge on any atom is -0.265 e. The molecule has 15 heavy (non-hydrogen) atoms. The molecule has 2 aromatic rings. The fourth-order valence-electron chi connectivity index (χ4n) is 1.15. The zero-order chi connectivity index (χ0) is 10.5. The van der Waals surface area contributed by atoms with Gasteiger partial charge in [-0.3, -0.25) is 4.98 Å². The molecule has 1 aromatic heterocycles. The second kappa shape index (κ2) is 4.39. The molecule has 0 aliphatic carbocycles. The van der Waals surface area contributed by atoms with E-state index in [9.17, 15) is 4.39 Å². The van der Waals surface area contributed by atoms with Crippen LogP contribution < -0.4 is 0 Å². The van der Waals surface area contributed by atoms with Crippen LogP contribution in [0.1, 0.15) is 11.1 Å². The molecule has 0 saturated carbocycles. The molecule has 0 N–H and O–H groups in total. The topological polar surface area (TPSA) is 12.9 Å². The van der Waals surface area contributed by atoms with Crippen LogP contribution >= 0.6 is 0 Å². The van der Waals surface area contributed by atoms with E-state index >= 15 is 0 Å². The van der Waals surface area contributed by atoms with Gasteiger partial charge in [-0.25, -0.2) is 4.39 Å². The van der Waals surface area contributed by atoms with Crippen molar-refractivity contribution in [2.45, 2.75) is 0 Å². The monoisotopic (exact) mass is 197 g/mol. The van der Waals surface area contributed by atoms with Crippen LogP contribution in [0.3, 0.4) is 0 Å². The summed E-state index contributed by atoms with van der Waals surface area (Å²) in [7, 11) is 0. The van der Waals surface area contributed by atoms with E-state index < -0.39 is 0 Å². The third-order valence-corrected chi connectivity index (χ3v) is 1.86. The third kappa shape index (κ3) is 2.65. The van der Waals surface area contributed by atoms with E-state index in [0.29, 0.717) is 5.56 Å². The van der Waals surface area contributed by atoms with Crippen LogP contribution in [0, 0.1) is 17.7 Å². The standard InChI is InChI=1S/C13H8FN/c14-13-3-1-2-12(10-13)5-4-11-6-8-15-9-7-11/h1-3,6-10H. The fourth-order valence-corrected chi connectivity index (χ4v) is 1.15. The van der Waals surface area contributed by atoms with Gasteiger partial charge in [-0.2, -0.15) is 0 Å². The highest BCUT2D eigenvalue weighted by Gasteiger charge is 1.89. The highest BCUT2D eigenvalue weighted by Crippen LogP contribution is 2.02. The number of hydrogen-bond donors (Lipinski definition) is 0. The Morgan fingerprint density at radius 1 is 0.933 bits per heavy atom. The van der Waals surface area contributed by atoms with Crippen molar-refractivity contribution < 1.29 is 4.39 Å². The zero-order valence-electron chi connectivity index (χ0n) is 7.94. The predicted octanol–water partition coefficient (Wildman–Crippen LogP) is 2.62. The molecule has 2 rings (SSSR count). The van der Waals surface area contributed by atoms with E-state index in [1.807, 2.05) is 12.1 Å². The molecular formula is C13H8FN. The van der Waals surface area contributed by atoms with E-state index in [1.54, 1.807) is 24.5 Å². The molecule has 1 aromatic carbocycles. The number of pyridine rings is 1. The van der Waals surface area contributed by atoms with Gasteiger partial charge in [0, 0.05) is 23.5 Å². The molecule has 0 bridgehead atoms. The maximum absolute atomic E-state index is 12.8. The summed E-state index contributed by atoms with van der Waals surface area (Å²) in [5.74, 6) is 5.55. The van der Waals surface area contributed by atoms with Crippen molar-refractivity contribution in [2.75, 3.05) is 0 Å². The molecule has 0 atom stereocenters. The number of rotatable bonds is 0. The van der Waals surface area contributed by atoms with E-state index in [2.05, 4.69) is 16.8 Å². The van der Waals surface area contributed by atoms with Crippen molar-refractivity contribution in [3.05, 3.63) is 65.7 Å².